The smallest absolute Gasteiger partial charge is 0.222 e. The molecule has 0 aliphatic carbocycles. The minimum Gasteiger partial charge on any atom is -0.508 e. The van der Waals surface area contributed by atoms with Crippen LogP contribution in [0, 0.1) is 6.92 Å². The number of nitrogens with two attached hydrogens (primary N) is 1. The van der Waals surface area contributed by atoms with Gasteiger partial charge in [0.2, 0.25) is 5.95 Å². The molecule has 0 amide bonds. The molecule has 0 saturated heterocycles. The molecule has 0 unspecified atom stereocenters. The van der Waals surface area contributed by atoms with Crippen LogP contribution in [-0.4, -0.2) is 105 Å². The lowest BCUT2D eigenvalue weighted by atomic mass is 10.0. The van der Waals surface area contributed by atoms with Crippen LogP contribution in [-0.2, 0) is 31.9 Å². The summed E-state index contributed by atoms with van der Waals surface area (Å²) in [7, 11) is 2.05. The van der Waals surface area contributed by atoms with E-state index in [1.165, 1.54) is 0 Å². The minimum absolute atomic E-state index is 0.0238. The van der Waals surface area contributed by atoms with Gasteiger partial charge in [0.05, 0.1) is 59.5 Å². The third-order valence-corrected chi connectivity index (χ3v) is 6.24. The number of ether oxygens (including phenoxy) is 4. The Balaban J connectivity index is 1.74. The average molecular weight is 564 g/mol. The molecule has 0 saturated carbocycles. The van der Waals surface area contributed by atoms with Gasteiger partial charge in [0.1, 0.15) is 11.6 Å². The third-order valence-electron chi connectivity index (χ3n) is 6.24. The molecule has 0 radical (unpaired) electrons. The summed E-state index contributed by atoms with van der Waals surface area (Å²) in [5.74, 6) is 1.24. The quantitative estimate of drug-likeness (QED) is 0.148. The number of likely N-dealkylation sites (N-methyl/N-ethyl adjacent to an activating group) is 1. The van der Waals surface area contributed by atoms with E-state index in [2.05, 4.69) is 27.1 Å². The molecule has 2 aromatic rings. The van der Waals surface area contributed by atoms with Crippen LogP contribution in [0.1, 0.15) is 48.6 Å². The molecule has 5 N–H and O–H groups in total. The van der Waals surface area contributed by atoms with Crippen LogP contribution >= 0.6 is 0 Å². The van der Waals surface area contributed by atoms with Crippen molar-refractivity contribution in [2.24, 2.45) is 0 Å². The van der Waals surface area contributed by atoms with Crippen LogP contribution in [0.3, 0.4) is 0 Å². The molecule has 0 spiro atoms. The Bertz CT molecular complexity index is 965. The van der Waals surface area contributed by atoms with Crippen molar-refractivity contribution < 1.29 is 29.2 Å². The summed E-state index contributed by atoms with van der Waals surface area (Å²) in [4.78, 5) is 11.0. The van der Waals surface area contributed by atoms with E-state index >= 15 is 0 Å². The molecular weight excluding hydrogens is 514 g/mol. The second kappa shape index (κ2) is 20.4. The van der Waals surface area contributed by atoms with Gasteiger partial charge in [0.25, 0.3) is 0 Å². The zero-order chi connectivity index (χ0) is 29.0. The van der Waals surface area contributed by atoms with E-state index < -0.39 is 0 Å². The maximum atomic E-state index is 10.6. The van der Waals surface area contributed by atoms with E-state index in [0.29, 0.717) is 59.3 Å². The predicted octanol–water partition coefficient (Wildman–Crippen LogP) is 2.76. The minimum atomic E-state index is 0.0238. The molecule has 1 aromatic heterocycles. The van der Waals surface area contributed by atoms with Gasteiger partial charge in [-0.3, -0.25) is 4.90 Å². The number of nitrogens with zero attached hydrogens (tertiary/aromatic N) is 3. The van der Waals surface area contributed by atoms with E-state index in [4.69, 9.17) is 29.8 Å². The van der Waals surface area contributed by atoms with E-state index in [1.54, 1.807) is 6.07 Å². The first-order valence-corrected chi connectivity index (χ1v) is 14.2. The van der Waals surface area contributed by atoms with Crippen LogP contribution in [0.25, 0.3) is 0 Å². The first kappa shape index (κ1) is 33.7. The lowest BCUT2D eigenvalue weighted by Gasteiger charge is -2.18. The first-order valence-electron chi connectivity index (χ1n) is 14.2. The molecule has 1 aromatic carbocycles. The van der Waals surface area contributed by atoms with Gasteiger partial charge >= 0.3 is 0 Å². The highest BCUT2D eigenvalue weighted by atomic mass is 16.6. The molecule has 40 heavy (non-hydrogen) atoms. The van der Waals surface area contributed by atoms with Gasteiger partial charge < -0.3 is 40.2 Å². The fourth-order valence-corrected chi connectivity index (χ4v) is 4.06. The van der Waals surface area contributed by atoms with Gasteiger partial charge in [0, 0.05) is 37.3 Å². The average Bonchev–Trinajstić information content (AvgIpc) is 2.92. The molecule has 0 bridgehead atoms. The highest BCUT2D eigenvalue weighted by Gasteiger charge is 2.14. The van der Waals surface area contributed by atoms with Gasteiger partial charge in [-0.15, -0.1) is 0 Å². The number of aryl methyl sites for hydroxylation is 1. The van der Waals surface area contributed by atoms with Gasteiger partial charge in [-0.2, -0.15) is 4.98 Å². The zero-order valence-corrected chi connectivity index (χ0v) is 24.5. The molecule has 11 nitrogen and oxygen atoms in total. The molecule has 226 valence electrons. The number of aromatic nitrogens is 2. The second-order valence-corrected chi connectivity index (χ2v) is 9.68. The number of rotatable bonds is 23. The number of hydrogen-bond donors (Lipinski definition) is 4. The number of anilines is 2. The summed E-state index contributed by atoms with van der Waals surface area (Å²) in [6, 6.07) is 5.74. The predicted molar refractivity (Wildman–Crippen MR) is 157 cm³/mol. The molecular formula is C29H49N5O6. The molecule has 1 heterocycles. The fourth-order valence-electron chi connectivity index (χ4n) is 4.06. The Labute approximate surface area is 239 Å². The van der Waals surface area contributed by atoms with E-state index in [1.807, 2.05) is 26.1 Å². The van der Waals surface area contributed by atoms with Crippen molar-refractivity contribution in [3.63, 3.8) is 0 Å². The maximum absolute atomic E-state index is 10.6. The van der Waals surface area contributed by atoms with Crippen LogP contribution in [0.4, 0.5) is 11.8 Å². The SMILES string of the molecule is CCCCCNc1nc(N)nc(C)c1Cc1cc(CN(C)CCOCCOCCOCCOCCO)ccc1O. The summed E-state index contributed by atoms with van der Waals surface area (Å²) in [6.07, 6.45) is 3.87. The highest BCUT2D eigenvalue weighted by Crippen LogP contribution is 2.27. The van der Waals surface area contributed by atoms with Crippen LogP contribution in [0.5, 0.6) is 5.75 Å². The Morgan fingerprint density at radius 2 is 1.57 bits per heavy atom. The number of phenolic OH excluding ortho intramolecular Hbond substituents is 1. The fraction of sp³-hybridized carbons (Fsp3) is 0.655. The summed E-state index contributed by atoms with van der Waals surface area (Å²) in [6.45, 7) is 10.4. The van der Waals surface area contributed by atoms with Crippen molar-refractivity contribution in [3.8, 4) is 5.75 Å². The Hall–Kier alpha value is -2.54. The summed E-state index contributed by atoms with van der Waals surface area (Å²) < 4.78 is 21.7. The lowest BCUT2D eigenvalue weighted by Crippen LogP contribution is -2.23. The molecule has 0 aliphatic rings. The van der Waals surface area contributed by atoms with Crippen molar-refractivity contribution in [3.05, 3.63) is 40.6 Å². The normalized spacial score (nSPS) is 11.4. The number of aliphatic hydroxyl groups excluding tert-OH is 1. The number of unbranched alkanes of at least 4 members (excludes halogenated alkanes) is 2. The second-order valence-electron chi connectivity index (χ2n) is 9.68. The Morgan fingerprint density at radius 3 is 2.23 bits per heavy atom. The number of nitrogen functional groups attached to an aromatic ring is 1. The third kappa shape index (κ3) is 13.7. The number of aliphatic hydroxyl groups is 1. The van der Waals surface area contributed by atoms with E-state index in [-0.39, 0.29) is 18.3 Å². The van der Waals surface area contributed by atoms with Crippen molar-refractivity contribution in [1.82, 2.24) is 14.9 Å². The molecule has 0 aliphatic heterocycles. The van der Waals surface area contributed by atoms with E-state index in [0.717, 1.165) is 67.1 Å². The van der Waals surface area contributed by atoms with Crippen LogP contribution in [0.15, 0.2) is 18.2 Å². The highest BCUT2D eigenvalue weighted by molar-refractivity contribution is 5.53. The largest absolute Gasteiger partial charge is 0.508 e. The topological polar surface area (TPSA) is 144 Å². The van der Waals surface area contributed by atoms with E-state index in [9.17, 15) is 5.11 Å². The first-order chi connectivity index (χ1) is 19.4. The molecule has 0 atom stereocenters. The number of phenols is 1. The lowest BCUT2D eigenvalue weighted by molar-refractivity contribution is -0.00687. The van der Waals surface area contributed by atoms with Crippen LogP contribution < -0.4 is 11.1 Å². The van der Waals surface area contributed by atoms with Crippen molar-refractivity contribution in [2.75, 3.05) is 90.6 Å². The maximum Gasteiger partial charge on any atom is 0.222 e. The monoisotopic (exact) mass is 563 g/mol. The van der Waals surface area contributed by atoms with Gasteiger partial charge in [-0.1, -0.05) is 31.9 Å². The standard InChI is InChI=1S/C29H49N5O6/c1-4-5-6-9-31-28-26(23(2)32-29(30)33-28)21-25-20-24(7-8-27(25)36)22-34(3)10-12-37-14-16-39-18-19-40-17-15-38-13-11-35/h7-8,20,35-36H,4-6,9-19,21-22H2,1-3H3,(H3,30,31,32,33). The molecule has 2 rings (SSSR count). The number of hydrogen-bond acceptors (Lipinski definition) is 11. The van der Waals surface area contributed by atoms with Crippen molar-refractivity contribution in [1.29, 1.82) is 0 Å². The number of nitrogens with one attached hydrogen (secondary N) is 1. The van der Waals surface area contributed by atoms with Gasteiger partial charge in [-0.05, 0) is 37.6 Å². The van der Waals surface area contributed by atoms with Crippen molar-refractivity contribution >= 4 is 11.8 Å². The van der Waals surface area contributed by atoms with Crippen molar-refractivity contribution in [2.45, 2.75) is 46.1 Å². The zero-order valence-electron chi connectivity index (χ0n) is 24.5. The Kier molecular flexibility index (Phi) is 17.1. The summed E-state index contributed by atoms with van der Waals surface area (Å²) in [5, 5.41) is 22.6. The summed E-state index contributed by atoms with van der Waals surface area (Å²) >= 11 is 0. The Morgan fingerprint density at radius 1 is 0.925 bits per heavy atom. The van der Waals surface area contributed by atoms with Crippen LogP contribution in [0.2, 0.25) is 0 Å². The summed E-state index contributed by atoms with van der Waals surface area (Å²) in [5.41, 5.74) is 9.61. The molecule has 11 heteroatoms. The molecule has 0 fully saturated rings. The number of benzene rings is 1. The number of aromatic hydroxyl groups is 1. The van der Waals surface area contributed by atoms with Gasteiger partial charge in [-0.25, -0.2) is 4.98 Å². The van der Waals surface area contributed by atoms with Gasteiger partial charge in [0.15, 0.2) is 0 Å².